The van der Waals surface area contributed by atoms with E-state index in [1.807, 2.05) is 86.6 Å². The van der Waals surface area contributed by atoms with Crippen LogP contribution >= 0.6 is 0 Å². The van der Waals surface area contributed by atoms with Crippen molar-refractivity contribution >= 4 is 11.8 Å². The van der Waals surface area contributed by atoms with Crippen molar-refractivity contribution in [3.05, 3.63) is 102 Å². The highest BCUT2D eigenvalue weighted by Gasteiger charge is 2.29. The molecule has 3 atom stereocenters. The van der Waals surface area contributed by atoms with Crippen LogP contribution in [0.1, 0.15) is 43.4 Å². The molecule has 2 amide bonds. The van der Waals surface area contributed by atoms with E-state index in [-0.39, 0.29) is 23.8 Å². The van der Waals surface area contributed by atoms with E-state index in [1.54, 1.807) is 0 Å². The average molecular weight is 543 g/mol. The number of rotatable bonds is 13. The Morgan fingerprint density at radius 2 is 1.55 bits per heavy atom. The van der Waals surface area contributed by atoms with Gasteiger partial charge in [-0.05, 0) is 47.6 Å². The number of hydrogen-bond donors (Lipinski definition) is 3. The van der Waals surface area contributed by atoms with Gasteiger partial charge in [-0.2, -0.15) is 0 Å². The van der Waals surface area contributed by atoms with Gasteiger partial charge in [0.15, 0.2) is 0 Å². The number of hydrogen-bond acceptors (Lipinski definition) is 5. The molecule has 0 spiro atoms. The number of amides is 2. The molecule has 1 aliphatic rings. The van der Waals surface area contributed by atoms with Crippen molar-refractivity contribution in [1.29, 1.82) is 0 Å². The third kappa shape index (κ3) is 9.21. The van der Waals surface area contributed by atoms with Gasteiger partial charge in [0.2, 0.25) is 11.8 Å². The zero-order valence-corrected chi connectivity index (χ0v) is 23.6. The van der Waals surface area contributed by atoms with Gasteiger partial charge in [-0.1, -0.05) is 86.6 Å². The molecule has 1 aliphatic heterocycles. The molecular weight excluding hydrogens is 500 g/mol. The minimum absolute atomic E-state index is 0.0358. The summed E-state index contributed by atoms with van der Waals surface area (Å²) >= 11 is 0. The zero-order valence-electron chi connectivity index (χ0n) is 23.6. The Kier molecular flexibility index (Phi) is 10.7. The van der Waals surface area contributed by atoms with Gasteiger partial charge < -0.3 is 21.1 Å². The maximum Gasteiger partial charge on any atom is 0.243 e. The summed E-state index contributed by atoms with van der Waals surface area (Å²) < 4.78 is 5.90. The first kappa shape index (κ1) is 29.3. The highest BCUT2D eigenvalue weighted by molar-refractivity contribution is 5.90. The summed E-state index contributed by atoms with van der Waals surface area (Å²) in [4.78, 5) is 28.7. The molecule has 1 heterocycles. The first-order chi connectivity index (χ1) is 19.4. The molecule has 4 N–H and O–H groups in total. The fourth-order valence-corrected chi connectivity index (χ4v) is 5.04. The van der Waals surface area contributed by atoms with Crippen LogP contribution in [0.15, 0.2) is 84.9 Å². The van der Waals surface area contributed by atoms with E-state index in [0.717, 1.165) is 42.9 Å². The Labute approximate surface area is 238 Å². The van der Waals surface area contributed by atoms with Crippen LogP contribution < -0.4 is 21.1 Å². The number of benzene rings is 3. The lowest BCUT2D eigenvalue weighted by molar-refractivity contribution is -0.130. The van der Waals surface area contributed by atoms with Gasteiger partial charge in [0.05, 0.1) is 6.04 Å². The highest BCUT2D eigenvalue weighted by Crippen LogP contribution is 2.17. The van der Waals surface area contributed by atoms with Gasteiger partial charge in [-0.25, -0.2) is 0 Å². The fraction of sp³-hybridized carbons (Fsp3) is 0.394. The molecule has 0 radical (unpaired) electrons. The topological polar surface area (TPSA) is 96.7 Å². The number of nitrogens with two attached hydrogens (primary N) is 1. The van der Waals surface area contributed by atoms with Crippen LogP contribution in [0, 0.1) is 5.92 Å². The molecule has 40 heavy (non-hydrogen) atoms. The van der Waals surface area contributed by atoms with Crippen molar-refractivity contribution in [2.75, 3.05) is 13.1 Å². The molecular formula is C33H42N4O3. The summed E-state index contributed by atoms with van der Waals surface area (Å²) in [6, 6.07) is 26.7. The van der Waals surface area contributed by atoms with Gasteiger partial charge >= 0.3 is 0 Å². The van der Waals surface area contributed by atoms with Gasteiger partial charge in [0, 0.05) is 32.1 Å². The first-order valence-electron chi connectivity index (χ1n) is 14.2. The SMILES string of the molecule is CC(C)CC(N)C(=O)NC(Cc1ccc(OCc2ccccc2)cc1)C(=O)NC1CCN(Cc2ccccc2)C1. The number of nitrogens with zero attached hydrogens (tertiary/aromatic N) is 1. The number of carbonyl (C=O) groups is 2. The minimum Gasteiger partial charge on any atom is -0.489 e. The molecule has 1 fully saturated rings. The van der Waals surface area contributed by atoms with Crippen molar-refractivity contribution in [1.82, 2.24) is 15.5 Å². The molecule has 4 rings (SSSR count). The number of nitrogens with one attached hydrogen (secondary N) is 2. The lowest BCUT2D eigenvalue weighted by Crippen LogP contribution is -2.54. The minimum atomic E-state index is -0.718. The van der Waals surface area contributed by atoms with Crippen LogP contribution in [0.4, 0.5) is 0 Å². The molecule has 7 heteroatoms. The fourth-order valence-electron chi connectivity index (χ4n) is 5.04. The maximum absolute atomic E-state index is 13.5. The predicted octanol–water partition coefficient (Wildman–Crippen LogP) is 4.06. The van der Waals surface area contributed by atoms with Crippen LogP contribution in [0.3, 0.4) is 0 Å². The van der Waals surface area contributed by atoms with E-state index in [0.29, 0.717) is 19.4 Å². The summed E-state index contributed by atoms with van der Waals surface area (Å²) in [5.41, 5.74) is 9.44. The predicted molar refractivity (Wildman–Crippen MR) is 159 cm³/mol. The van der Waals surface area contributed by atoms with E-state index in [4.69, 9.17) is 10.5 Å². The third-order valence-corrected chi connectivity index (χ3v) is 7.17. The lowest BCUT2D eigenvalue weighted by atomic mass is 10.0. The van der Waals surface area contributed by atoms with Gasteiger partial charge in [0.1, 0.15) is 18.4 Å². The van der Waals surface area contributed by atoms with E-state index < -0.39 is 12.1 Å². The van der Waals surface area contributed by atoms with Crippen LogP contribution in [0.25, 0.3) is 0 Å². The molecule has 0 saturated carbocycles. The van der Waals surface area contributed by atoms with E-state index in [1.165, 1.54) is 5.56 Å². The second kappa shape index (κ2) is 14.6. The molecule has 0 aliphatic carbocycles. The second-order valence-corrected chi connectivity index (χ2v) is 11.1. The normalized spacial score (nSPS) is 16.9. The molecule has 1 saturated heterocycles. The van der Waals surface area contributed by atoms with Crippen molar-refractivity contribution in [3.8, 4) is 5.75 Å². The number of carbonyl (C=O) groups excluding carboxylic acids is 2. The molecule has 3 unspecified atom stereocenters. The number of likely N-dealkylation sites (tertiary alicyclic amines) is 1. The van der Waals surface area contributed by atoms with Crippen LogP contribution in [0.2, 0.25) is 0 Å². The monoisotopic (exact) mass is 542 g/mol. The lowest BCUT2D eigenvalue weighted by Gasteiger charge is -2.24. The summed E-state index contributed by atoms with van der Waals surface area (Å²) in [6.07, 6.45) is 1.80. The van der Waals surface area contributed by atoms with Crippen LogP contribution in [-0.2, 0) is 29.2 Å². The molecule has 0 bridgehead atoms. The van der Waals surface area contributed by atoms with Crippen molar-refractivity contribution in [2.24, 2.45) is 11.7 Å². The molecule has 212 valence electrons. The van der Waals surface area contributed by atoms with Crippen molar-refractivity contribution in [3.63, 3.8) is 0 Å². The van der Waals surface area contributed by atoms with Crippen molar-refractivity contribution < 1.29 is 14.3 Å². The molecule has 7 nitrogen and oxygen atoms in total. The summed E-state index contributed by atoms with van der Waals surface area (Å²) in [7, 11) is 0. The van der Waals surface area contributed by atoms with Gasteiger partial charge in [-0.3, -0.25) is 14.5 Å². The standard InChI is InChI=1S/C33H42N4O3/c1-24(2)19-30(34)32(38)36-31(20-25-13-15-29(16-14-25)40-23-27-11-7-4-8-12-27)33(39)35-28-17-18-37(22-28)21-26-9-5-3-6-10-26/h3-16,24,28,30-31H,17-23,34H2,1-2H3,(H,35,39)(H,36,38). The molecule has 3 aromatic rings. The van der Waals surface area contributed by atoms with Crippen molar-refractivity contribution in [2.45, 2.75) is 64.4 Å². The Morgan fingerprint density at radius 3 is 2.20 bits per heavy atom. The summed E-state index contributed by atoms with van der Waals surface area (Å²) in [5.74, 6) is 0.557. The second-order valence-electron chi connectivity index (χ2n) is 11.1. The summed E-state index contributed by atoms with van der Waals surface area (Å²) in [6.45, 7) is 7.09. The maximum atomic E-state index is 13.5. The smallest absolute Gasteiger partial charge is 0.243 e. The van der Waals surface area contributed by atoms with Gasteiger partial charge in [0.25, 0.3) is 0 Å². The summed E-state index contributed by atoms with van der Waals surface area (Å²) in [5, 5.41) is 6.12. The highest BCUT2D eigenvalue weighted by atomic mass is 16.5. The third-order valence-electron chi connectivity index (χ3n) is 7.17. The number of ether oxygens (including phenoxy) is 1. The quantitative estimate of drug-likeness (QED) is 0.303. The zero-order chi connectivity index (χ0) is 28.3. The Bertz CT molecular complexity index is 1200. The van der Waals surface area contributed by atoms with E-state index in [2.05, 4.69) is 27.7 Å². The molecule has 3 aromatic carbocycles. The molecule has 0 aromatic heterocycles. The Balaban J connectivity index is 1.36. The average Bonchev–Trinajstić information content (AvgIpc) is 3.39. The van der Waals surface area contributed by atoms with E-state index >= 15 is 0 Å². The Hall–Kier alpha value is -3.68. The van der Waals surface area contributed by atoms with E-state index in [9.17, 15) is 9.59 Å². The van der Waals surface area contributed by atoms with Crippen LogP contribution in [0.5, 0.6) is 5.75 Å². The van der Waals surface area contributed by atoms with Gasteiger partial charge in [-0.15, -0.1) is 0 Å². The Morgan fingerprint density at radius 1 is 0.900 bits per heavy atom. The largest absolute Gasteiger partial charge is 0.489 e. The van der Waals surface area contributed by atoms with Crippen LogP contribution in [-0.4, -0.2) is 47.9 Å². The first-order valence-corrected chi connectivity index (χ1v) is 14.2.